The largest absolute Gasteiger partial charge is 0.478 e. The summed E-state index contributed by atoms with van der Waals surface area (Å²) in [7, 11) is -4.04. The van der Waals surface area contributed by atoms with Crippen LogP contribution in [-0.4, -0.2) is 23.8 Å². The fourth-order valence-electron chi connectivity index (χ4n) is 4.56. The Balaban J connectivity index is 1.94. The molecule has 35 heavy (non-hydrogen) atoms. The van der Waals surface area contributed by atoms with Crippen molar-refractivity contribution in [3.63, 3.8) is 0 Å². The molecule has 0 unspecified atom stereocenters. The molecule has 3 aromatic carbocycles. The molecule has 3 aromatic rings. The maximum atomic E-state index is 14.1. The van der Waals surface area contributed by atoms with Crippen molar-refractivity contribution in [1.29, 1.82) is 0 Å². The van der Waals surface area contributed by atoms with E-state index in [1.54, 1.807) is 36.4 Å². The summed E-state index contributed by atoms with van der Waals surface area (Å²) in [6, 6.07) is 22.1. The Hall–Kier alpha value is -3.22. The van der Waals surface area contributed by atoms with Gasteiger partial charge in [0.2, 0.25) is 10.0 Å². The minimum absolute atomic E-state index is 0.0661. The SMILES string of the molecule is Cc1ccc([C@@H]2CC=C(C(=O)O)[C@H](c3ccc(C(C)(C)C)cc3)N2S(=O)(=O)c2ccccc2)cc1. The van der Waals surface area contributed by atoms with Crippen molar-refractivity contribution < 1.29 is 18.3 Å². The first-order chi connectivity index (χ1) is 16.5. The normalized spacial score (nSPS) is 19.3. The summed E-state index contributed by atoms with van der Waals surface area (Å²) in [6.45, 7) is 8.28. The maximum absolute atomic E-state index is 14.1. The van der Waals surface area contributed by atoms with E-state index in [4.69, 9.17) is 0 Å². The van der Waals surface area contributed by atoms with Crippen LogP contribution in [0.2, 0.25) is 0 Å². The smallest absolute Gasteiger partial charge is 0.333 e. The van der Waals surface area contributed by atoms with E-state index < -0.39 is 28.1 Å². The van der Waals surface area contributed by atoms with Crippen LogP contribution < -0.4 is 0 Å². The van der Waals surface area contributed by atoms with Gasteiger partial charge in [-0.25, -0.2) is 13.2 Å². The first-order valence-electron chi connectivity index (χ1n) is 11.7. The molecule has 1 aliphatic rings. The van der Waals surface area contributed by atoms with Crippen molar-refractivity contribution in [3.8, 4) is 0 Å². The fraction of sp³-hybridized carbons (Fsp3) is 0.276. The van der Waals surface area contributed by atoms with Crippen LogP contribution >= 0.6 is 0 Å². The van der Waals surface area contributed by atoms with Gasteiger partial charge in [0, 0.05) is 0 Å². The second-order valence-electron chi connectivity index (χ2n) is 10.0. The van der Waals surface area contributed by atoms with Crippen molar-refractivity contribution in [3.05, 3.63) is 113 Å². The third-order valence-electron chi connectivity index (χ3n) is 6.54. The van der Waals surface area contributed by atoms with E-state index in [9.17, 15) is 18.3 Å². The molecule has 0 amide bonds. The van der Waals surface area contributed by atoms with Gasteiger partial charge in [0.05, 0.1) is 22.6 Å². The van der Waals surface area contributed by atoms with Gasteiger partial charge < -0.3 is 5.11 Å². The first-order valence-corrected chi connectivity index (χ1v) is 13.1. The number of nitrogens with zero attached hydrogens (tertiary/aromatic N) is 1. The highest BCUT2D eigenvalue weighted by atomic mass is 32.2. The van der Waals surface area contributed by atoms with E-state index in [1.165, 1.54) is 4.31 Å². The molecule has 0 radical (unpaired) electrons. The minimum atomic E-state index is -4.04. The number of hydrogen-bond acceptors (Lipinski definition) is 3. The zero-order valence-corrected chi connectivity index (χ0v) is 21.3. The van der Waals surface area contributed by atoms with Crippen molar-refractivity contribution in [2.24, 2.45) is 0 Å². The molecule has 0 aliphatic carbocycles. The molecular weight excluding hydrogens is 458 g/mol. The standard InChI is InChI=1S/C29H31NO4S/c1-20-10-12-21(13-11-20)26-19-18-25(28(31)32)27(22-14-16-23(17-15-22)29(2,3)4)30(26)35(33,34)24-8-6-5-7-9-24/h5-18,26-27H,19H2,1-4H3,(H,31,32)/t26-,27-/m0/s1. The summed E-state index contributed by atoms with van der Waals surface area (Å²) >= 11 is 0. The summed E-state index contributed by atoms with van der Waals surface area (Å²) in [5.74, 6) is -1.12. The summed E-state index contributed by atoms with van der Waals surface area (Å²) in [4.78, 5) is 12.5. The lowest BCUT2D eigenvalue weighted by molar-refractivity contribution is -0.133. The molecule has 1 N–H and O–H groups in total. The zero-order valence-electron chi connectivity index (χ0n) is 20.5. The van der Waals surface area contributed by atoms with Gasteiger partial charge in [-0.2, -0.15) is 4.31 Å². The molecule has 4 rings (SSSR count). The van der Waals surface area contributed by atoms with Gasteiger partial charge in [-0.3, -0.25) is 0 Å². The molecule has 1 aliphatic heterocycles. The minimum Gasteiger partial charge on any atom is -0.478 e. The molecule has 0 saturated carbocycles. The summed E-state index contributed by atoms with van der Waals surface area (Å²) in [5, 5.41) is 10.1. The van der Waals surface area contributed by atoms with E-state index in [0.717, 1.165) is 16.7 Å². The topological polar surface area (TPSA) is 74.7 Å². The number of benzene rings is 3. The molecule has 6 heteroatoms. The van der Waals surface area contributed by atoms with E-state index in [-0.39, 0.29) is 22.3 Å². The predicted molar refractivity (Wildman–Crippen MR) is 138 cm³/mol. The maximum Gasteiger partial charge on any atom is 0.333 e. The van der Waals surface area contributed by atoms with Gasteiger partial charge in [-0.1, -0.05) is 99.1 Å². The third-order valence-corrected chi connectivity index (χ3v) is 8.43. The Bertz CT molecular complexity index is 1340. The molecule has 0 saturated heterocycles. The number of hydrogen-bond donors (Lipinski definition) is 1. The van der Waals surface area contributed by atoms with Crippen LogP contribution in [0.1, 0.15) is 61.5 Å². The van der Waals surface area contributed by atoms with E-state index in [0.29, 0.717) is 5.56 Å². The number of carboxylic acid groups (broad SMARTS) is 1. The highest BCUT2D eigenvalue weighted by molar-refractivity contribution is 7.89. The molecule has 1 heterocycles. The quantitative estimate of drug-likeness (QED) is 0.464. The van der Waals surface area contributed by atoms with Gasteiger partial charge in [-0.15, -0.1) is 0 Å². The Morgan fingerprint density at radius 2 is 1.46 bits per heavy atom. The number of aryl methyl sites for hydroxylation is 1. The summed E-state index contributed by atoms with van der Waals surface area (Å²) < 4.78 is 29.6. The second-order valence-corrected chi connectivity index (χ2v) is 11.9. The monoisotopic (exact) mass is 489 g/mol. The number of rotatable bonds is 5. The Morgan fingerprint density at radius 1 is 0.886 bits per heavy atom. The summed E-state index contributed by atoms with van der Waals surface area (Å²) in [6.07, 6.45) is 1.94. The molecule has 5 nitrogen and oxygen atoms in total. The van der Waals surface area contributed by atoms with Crippen LogP contribution in [-0.2, 0) is 20.2 Å². The van der Waals surface area contributed by atoms with E-state index >= 15 is 0 Å². The Morgan fingerprint density at radius 3 is 2.00 bits per heavy atom. The number of aliphatic carboxylic acids is 1. The van der Waals surface area contributed by atoms with Crippen LogP contribution in [0.3, 0.4) is 0 Å². The highest BCUT2D eigenvalue weighted by Gasteiger charge is 2.44. The fourth-order valence-corrected chi connectivity index (χ4v) is 6.36. The van der Waals surface area contributed by atoms with Gasteiger partial charge in [0.25, 0.3) is 0 Å². The van der Waals surface area contributed by atoms with E-state index in [2.05, 4.69) is 20.8 Å². The van der Waals surface area contributed by atoms with Gasteiger partial charge >= 0.3 is 5.97 Å². The molecule has 2 atom stereocenters. The van der Waals surface area contributed by atoms with Gasteiger partial charge in [0.1, 0.15) is 0 Å². The summed E-state index contributed by atoms with van der Waals surface area (Å²) in [5.41, 5.74) is 3.59. The molecule has 182 valence electrons. The van der Waals surface area contributed by atoms with Crippen LogP contribution in [0.5, 0.6) is 0 Å². The molecule has 0 bridgehead atoms. The number of carboxylic acids is 1. The Kier molecular flexibility index (Phi) is 6.71. The average molecular weight is 490 g/mol. The van der Waals surface area contributed by atoms with Crippen LogP contribution in [0, 0.1) is 6.92 Å². The number of carbonyl (C=O) groups is 1. The molecular formula is C29H31NO4S. The van der Waals surface area contributed by atoms with Crippen molar-refractivity contribution in [2.45, 2.75) is 56.5 Å². The lowest BCUT2D eigenvalue weighted by atomic mass is 9.84. The van der Waals surface area contributed by atoms with Gasteiger partial charge in [-0.05, 0) is 47.6 Å². The molecule has 0 spiro atoms. The van der Waals surface area contributed by atoms with Crippen molar-refractivity contribution >= 4 is 16.0 Å². The van der Waals surface area contributed by atoms with E-state index in [1.807, 2.05) is 55.5 Å². The lowest BCUT2D eigenvalue weighted by Crippen LogP contribution is -2.42. The molecule has 0 aromatic heterocycles. The number of sulfonamides is 1. The second kappa shape index (κ2) is 9.44. The highest BCUT2D eigenvalue weighted by Crippen LogP contribution is 2.45. The van der Waals surface area contributed by atoms with Crippen molar-refractivity contribution in [2.75, 3.05) is 0 Å². The molecule has 0 fully saturated rings. The van der Waals surface area contributed by atoms with Crippen molar-refractivity contribution in [1.82, 2.24) is 4.31 Å². The predicted octanol–water partition coefficient (Wildman–Crippen LogP) is 6.18. The van der Waals surface area contributed by atoms with Gasteiger partial charge in [0.15, 0.2) is 0 Å². The van der Waals surface area contributed by atoms with Crippen LogP contribution in [0.4, 0.5) is 0 Å². The Labute approximate surface area is 207 Å². The first kappa shape index (κ1) is 24.9. The third kappa shape index (κ3) is 4.95. The van der Waals surface area contributed by atoms with Crippen LogP contribution in [0.15, 0.2) is 95.4 Å². The average Bonchev–Trinajstić information content (AvgIpc) is 2.83. The zero-order chi connectivity index (χ0) is 25.4. The lowest BCUT2D eigenvalue weighted by Gasteiger charge is -2.40. The van der Waals surface area contributed by atoms with Crippen LogP contribution in [0.25, 0.3) is 0 Å².